The Labute approximate surface area is 114 Å². The molecule has 0 saturated heterocycles. The number of carboxylic acid groups (broad SMARTS) is 1. The molecule has 3 nitrogen and oxygen atoms in total. The normalized spacial score (nSPS) is 10.1. The molecule has 0 atom stereocenters. The van der Waals surface area contributed by atoms with E-state index in [0.717, 1.165) is 15.7 Å². The van der Waals surface area contributed by atoms with Crippen molar-refractivity contribution in [3.8, 4) is 0 Å². The Bertz CT molecular complexity index is 596. The van der Waals surface area contributed by atoms with E-state index in [2.05, 4.69) is 21.2 Å². The van der Waals surface area contributed by atoms with Gasteiger partial charge in [-0.2, -0.15) is 0 Å². The quantitative estimate of drug-likeness (QED) is 0.893. The Morgan fingerprint density at radius 2 is 1.89 bits per heavy atom. The lowest BCUT2D eigenvalue weighted by molar-refractivity contribution is 0.0698. The van der Waals surface area contributed by atoms with Crippen LogP contribution in [-0.2, 0) is 0 Å². The first-order valence-corrected chi connectivity index (χ1v) is 6.23. The van der Waals surface area contributed by atoms with Crippen LogP contribution in [0.1, 0.15) is 15.9 Å². The van der Waals surface area contributed by atoms with Crippen LogP contribution < -0.4 is 5.32 Å². The largest absolute Gasteiger partial charge is 0.478 e. The van der Waals surface area contributed by atoms with Gasteiger partial charge in [0.1, 0.15) is 0 Å². The van der Waals surface area contributed by atoms with E-state index in [1.807, 2.05) is 25.1 Å². The third kappa shape index (κ3) is 2.71. The zero-order chi connectivity index (χ0) is 13.1. The lowest BCUT2D eigenvalue weighted by Gasteiger charge is -2.11. The van der Waals surface area contributed by atoms with Crippen molar-refractivity contribution < 1.29 is 9.90 Å². The minimum atomic E-state index is -0.943. The van der Waals surface area contributed by atoms with Gasteiger partial charge < -0.3 is 10.4 Å². The highest BCUT2D eigenvalue weighted by molar-refractivity contribution is 9.10. The molecular formula is C14H12BrNO2. The average molecular weight is 306 g/mol. The fourth-order valence-corrected chi connectivity index (χ4v) is 2.24. The molecule has 0 radical (unpaired) electrons. The highest BCUT2D eigenvalue weighted by Gasteiger charge is 2.10. The average Bonchev–Trinajstić information content (AvgIpc) is 2.33. The van der Waals surface area contributed by atoms with Gasteiger partial charge in [-0.05, 0) is 52.7 Å². The van der Waals surface area contributed by atoms with Gasteiger partial charge in [0, 0.05) is 4.47 Å². The lowest BCUT2D eigenvalue weighted by Crippen LogP contribution is -2.02. The molecule has 2 rings (SSSR count). The molecule has 92 valence electrons. The van der Waals surface area contributed by atoms with Crippen molar-refractivity contribution in [2.24, 2.45) is 0 Å². The van der Waals surface area contributed by atoms with E-state index in [-0.39, 0.29) is 5.56 Å². The summed E-state index contributed by atoms with van der Waals surface area (Å²) in [5.74, 6) is -0.943. The van der Waals surface area contributed by atoms with E-state index in [9.17, 15) is 4.79 Å². The van der Waals surface area contributed by atoms with E-state index in [4.69, 9.17) is 5.11 Å². The summed E-state index contributed by atoms with van der Waals surface area (Å²) in [6, 6.07) is 12.7. The van der Waals surface area contributed by atoms with Crippen molar-refractivity contribution >= 4 is 33.3 Å². The maximum Gasteiger partial charge on any atom is 0.337 e. The smallest absolute Gasteiger partial charge is 0.337 e. The number of halogens is 1. The van der Waals surface area contributed by atoms with Crippen LogP contribution in [0.3, 0.4) is 0 Å². The fourth-order valence-electron chi connectivity index (χ4n) is 1.65. The zero-order valence-electron chi connectivity index (χ0n) is 9.77. The summed E-state index contributed by atoms with van der Waals surface area (Å²) in [6.45, 7) is 2.00. The molecule has 0 spiro atoms. The summed E-state index contributed by atoms with van der Waals surface area (Å²) in [4.78, 5) is 11.1. The molecule has 0 aliphatic carbocycles. The molecule has 2 aromatic carbocycles. The maximum atomic E-state index is 11.1. The second kappa shape index (κ2) is 5.23. The van der Waals surface area contributed by atoms with Gasteiger partial charge in [-0.15, -0.1) is 0 Å². The predicted molar refractivity (Wildman–Crippen MR) is 75.6 cm³/mol. The number of carboxylic acids is 1. The van der Waals surface area contributed by atoms with E-state index in [0.29, 0.717) is 5.69 Å². The Kier molecular flexibility index (Phi) is 3.67. The van der Waals surface area contributed by atoms with Crippen LogP contribution in [0.25, 0.3) is 0 Å². The Hall–Kier alpha value is -1.81. The molecule has 0 unspecified atom stereocenters. The zero-order valence-corrected chi connectivity index (χ0v) is 11.4. The van der Waals surface area contributed by atoms with Crippen LogP contribution in [0.4, 0.5) is 11.4 Å². The number of carbonyl (C=O) groups is 1. The maximum absolute atomic E-state index is 11.1. The third-order valence-electron chi connectivity index (χ3n) is 2.55. The molecule has 0 saturated carbocycles. The van der Waals surface area contributed by atoms with Gasteiger partial charge in [0.25, 0.3) is 0 Å². The Morgan fingerprint density at radius 3 is 2.56 bits per heavy atom. The third-order valence-corrected chi connectivity index (χ3v) is 3.21. The molecule has 0 fully saturated rings. The fraction of sp³-hybridized carbons (Fsp3) is 0.0714. The molecule has 0 aliphatic heterocycles. The summed E-state index contributed by atoms with van der Waals surface area (Å²) in [7, 11) is 0. The van der Waals surface area contributed by atoms with Gasteiger partial charge in [-0.1, -0.05) is 18.2 Å². The van der Waals surface area contributed by atoms with E-state index < -0.39 is 5.97 Å². The summed E-state index contributed by atoms with van der Waals surface area (Å²) in [6.07, 6.45) is 0. The molecule has 0 aliphatic rings. The Balaban J connectivity index is 2.37. The lowest BCUT2D eigenvalue weighted by atomic mass is 10.1. The SMILES string of the molecule is Cc1ccc(Nc2ccccc2C(=O)O)c(Br)c1. The van der Waals surface area contributed by atoms with E-state index in [1.54, 1.807) is 24.3 Å². The number of para-hydroxylation sites is 1. The number of hydrogen-bond donors (Lipinski definition) is 2. The van der Waals surface area contributed by atoms with Crippen molar-refractivity contribution in [3.63, 3.8) is 0 Å². The minimum absolute atomic E-state index is 0.255. The molecule has 2 aromatic rings. The van der Waals surface area contributed by atoms with Gasteiger partial charge in [0.2, 0.25) is 0 Å². The summed E-state index contributed by atoms with van der Waals surface area (Å²) >= 11 is 3.46. The minimum Gasteiger partial charge on any atom is -0.478 e. The molecule has 2 N–H and O–H groups in total. The monoisotopic (exact) mass is 305 g/mol. The summed E-state index contributed by atoms with van der Waals surface area (Å²) in [5, 5.41) is 12.2. The number of benzene rings is 2. The van der Waals surface area contributed by atoms with Crippen LogP contribution in [0, 0.1) is 6.92 Å². The first-order chi connectivity index (χ1) is 8.58. The molecule has 0 amide bonds. The number of rotatable bonds is 3. The Morgan fingerprint density at radius 1 is 1.17 bits per heavy atom. The summed E-state index contributed by atoms with van der Waals surface area (Å²) < 4.78 is 0.905. The first kappa shape index (κ1) is 12.6. The summed E-state index contributed by atoms with van der Waals surface area (Å²) in [5.41, 5.74) is 2.81. The van der Waals surface area contributed by atoms with Crippen molar-refractivity contribution in [1.29, 1.82) is 0 Å². The highest BCUT2D eigenvalue weighted by Crippen LogP contribution is 2.28. The van der Waals surface area contributed by atoms with Gasteiger partial charge in [-0.25, -0.2) is 4.79 Å². The van der Waals surface area contributed by atoms with Crippen LogP contribution >= 0.6 is 15.9 Å². The predicted octanol–water partition coefficient (Wildman–Crippen LogP) is 4.20. The number of nitrogens with one attached hydrogen (secondary N) is 1. The molecule has 0 aromatic heterocycles. The van der Waals surface area contributed by atoms with E-state index >= 15 is 0 Å². The van der Waals surface area contributed by atoms with Crippen LogP contribution in [0.5, 0.6) is 0 Å². The number of aryl methyl sites for hydroxylation is 1. The topological polar surface area (TPSA) is 49.3 Å². The van der Waals surface area contributed by atoms with Crippen LogP contribution in [0.15, 0.2) is 46.9 Å². The van der Waals surface area contributed by atoms with Crippen LogP contribution in [0.2, 0.25) is 0 Å². The van der Waals surface area contributed by atoms with Crippen molar-refractivity contribution in [2.45, 2.75) is 6.92 Å². The molecule has 18 heavy (non-hydrogen) atoms. The second-order valence-corrected chi connectivity index (χ2v) is 4.81. The van der Waals surface area contributed by atoms with Gasteiger partial charge in [-0.3, -0.25) is 0 Å². The van der Waals surface area contributed by atoms with Gasteiger partial charge in [0.05, 0.1) is 16.9 Å². The molecule has 0 heterocycles. The first-order valence-electron chi connectivity index (χ1n) is 5.43. The van der Waals surface area contributed by atoms with Gasteiger partial charge >= 0.3 is 5.97 Å². The van der Waals surface area contributed by atoms with Crippen molar-refractivity contribution in [2.75, 3.05) is 5.32 Å². The van der Waals surface area contributed by atoms with Crippen LogP contribution in [-0.4, -0.2) is 11.1 Å². The van der Waals surface area contributed by atoms with Crippen molar-refractivity contribution in [1.82, 2.24) is 0 Å². The number of aromatic carboxylic acids is 1. The van der Waals surface area contributed by atoms with Crippen molar-refractivity contribution in [3.05, 3.63) is 58.1 Å². The number of hydrogen-bond acceptors (Lipinski definition) is 2. The second-order valence-electron chi connectivity index (χ2n) is 3.96. The molecular weight excluding hydrogens is 294 g/mol. The molecule has 4 heteroatoms. The highest BCUT2D eigenvalue weighted by atomic mass is 79.9. The number of anilines is 2. The molecule has 0 bridgehead atoms. The standard InChI is InChI=1S/C14H12BrNO2/c1-9-6-7-13(11(15)8-9)16-12-5-3-2-4-10(12)14(17)18/h2-8,16H,1H3,(H,17,18). The van der Waals surface area contributed by atoms with E-state index in [1.165, 1.54) is 0 Å². The van der Waals surface area contributed by atoms with Gasteiger partial charge in [0.15, 0.2) is 0 Å².